The first-order chi connectivity index (χ1) is 15.5. The number of aryl methyl sites for hydroxylation is 1. The van der Waals surface area contributed by atoms with Crippen molar-refractivity contribution in [1.82, 2.24) is 24.5 Å². The number of carbonyl (C=O) groups excluding carboxylic acids is 1. The monoisotopic (exact) mass is 475 g/mol. The third-order valence-electron chi connectivity index (χ3n) is 5.05. The number of rotatable bonds is 7. The van der Waals surface area contributed by atoms with Gasteiger partial charge in [-0.15, -0.1) is 16.9 Å². The molecule has 11 heteroatoms. The van der Waals surface area contributed by atoms with Crippen molar-refractivity contribution in [3.8, 4) is 11.6 Å². The van der Waals surface area contributed by atoms with Crippen LogP contribution in [-0.2, 0) is 4.74 Å². The molecule has 0 aliphatic carbocycles. The summed E-state index contributed by atoms with van der Waals surface area (Å²) < 4.78 is 18.9. The number of aromatic nitrogens is 4. The molecule has 1 aliphatic rings. The average Bonchev–Trinajstić information content (AvgIpc) is 3.25. The molecule has 1 aromatic carbocycles. The fraction of sp³-hybridized carbons (Fsp3) is 0.429. The van der Waals surface area contributed by atoms with Crippen molar-refractivity contribution in [2.45, 2.75) is 23.1 Å². The highest BCUT2D eigenvalue weighted by molar-refractivity contribution is 7.98. The first kappa shape index (κ1) is 22.7. The van der Waals surface area contributed by atoms with E-state index < -0.39 is 0 Å². The second-order valence-electron chi connectivity index (χ2n) is 7.17. The highest BCUT2D eigenvalue weighted by Crippen LogP contribution is 2.27. The number of hydrogen-bond acceptors (Lipinski definition) is 9. The van der Waals surface area contributed by atoms with Gasteiger partial charge < -0.3 is 19.1 Å². The van der Waals surface area contributed by atoms with E-state index in [-0.39, 0.29) is 18.6 Å². The molecule has 2 aromatic heterocycles. The Hall–Kier alpha value is -2.50. The van der Waals surface area contributed by atoms with E-state index in [2.05, 4.69) is 15.1 Å². The Morgan fingerprint density at radius 1 is 1.25 bits per heavy atom. The lowest BCUT2D eigenvalue weighted by Gasteiger charge is -2.33. The van der Waals surface area contributed by atoms with Crippen molar-refractivity contribution in [3.63, 3.8) is 0 Å². The normalized spacial score (nSPS) is 16.4. The Labute approximate surface area is 194 Å². The van der Waals surface area contributed by atoms with Gasteiger partial charge in [0, 0.05) is 23.2 Å². The van der Waals surface area contributed by atoms with Gasteiger partial charge in [-0.25, -0.2) is 4.98 Å². The van der Waals surface area contributed by atoms with Gasteiger partial charge in [0.05, 0.1) is 25.8 Å². The summed E-state index contributed by atoms with van der Waals surface area (Å²) >= 11 is 3.05. The zero-order valence-electron chi connectivity index (χ0n) is 18.4. The van der Waals surface area contributed by atoms with Crippen LogP contribution in [0.2, 0.25) is 0 Å². The molecule has 1 amide bonds. The van der Waals surface area contributed by atoms with Gasteiger partial charge in [0.1, 0.15) is 18.5 Å². The number of hydrogen-bond donors (Lipinski definition) is 0. The minimum atomic E-state index is -0.267. The van der Waals surface area contributed by atoms with Crippen LogP contribution in [0.25, 0.3) is 5.78 Å². The molecule has 1 unspecified atom stereocenters. The molecule has 0 spiro atoms. The van der Waals surface area contributed by atoms with Crippen LogP contribution in [0, 0.1) is 6.92 Å². The SMILES string of the molecule is COc1cc(SC)ccc1C(=O)N1CCOC(COc2cc(C)nc3nc(SC)nn23)C1. The predicted molar refractivity (Wildman–Crippen MR) is 123 cm³/mol. The second kappa shape index (κ2) is 9.97. The van der Waals surface area contributed by atoms with Crippen LogP contribution in [0.1, 0.15) is 16.1 Å². The molecule has 0 N–H and O–H groups in total. The van der Waals surface area contributed by atoms with E-state index in [1.807, 2.05) is 43.7 Å². The van der Waals surface area contributed by atoms with Gasteiger partial charge in [0.2, 0.25) is 11.0 Å². The Morgan fingerprint density at radius 3 is 2.84 bits per heavy atom. The van der Waals surface area contributed by atoms with Crippen LogP contribution in [-0.4, -0.2) is 82.4 Å². The number of amides is 1. The maximum absolute atomic E-state index is 13.2. The molecule has 0 radical (unpaired) electrons. The Balaban J connectivity index is 1.46. The molecular weight excluding hydrogens is 450 g/mol. The van der Waals surface area contributed by atoms with Crippen LogP contribution >= 0.6 is 23.5 Å². The molecule has 1 saturated heterocycles. The number of fused-ring (bicyclic) bond motifs is 1. The number of ether oxygens (including phenoxy) is 3. The molecule has 4 rings (SSSR count). The van der Waals surface area contributed by atoms with Gasteiger partial charge in [0.25, 0.3) is 11.7 Å². The van der Waals surface area contributed by atoms with Crippen molar-refractivity contribution in [1.29, 1.82) is 0 Å². The molecule has 170 valence electrons. The molecule has 1 aliphatic heterocycles. The predicted octanol–water partition coefficient (Wildman–Crippen LogP) is 2.81. The van der Waals surface area contributed by atoms with Crippen LogP contribution < -0.4 is 9.47 Å². The van der Waals surface area contributed by atoms with Gasteiger partial charge in [-0.3, -0.25) is 4.79 Å². The fourth-order valence-electron chi connectivity index (χ4n) is 3.45. The summed E-state index contributed by atoms with van der Waals surface area (Å²) in [6.45, 7) is 3.54. The summed E-state index contributed by atoms with van der Waals surface area (Å²) in [4.78, 5) is 24.8. The molecule has 1 fully saturated rings. The molecule has 0 bridgehead atoms. The summed E-state index contributed by atoms with van der Waals surface area (Å²) in [7, 11) is 1.58. The molecule has 1 atom stereocenters. The van der Waals surface area contributed by atoms with Crippen LogP contribution in [0.5, 0.6) is 11.6 Å². The Kier molecular flexibility index (Phi) is 7.07. The van der Waals surface area contributed by atoms with Crippen molar-refractivity contribution in [2.75, 3.05) is 45.9 Å². The zero-order valence-corrected chi connectivity index (χ0v) is 20.0. The molecule has 3 aromatic rings. The van der Waals surface area contributed by atoms with Gasteiger partial charge >= 0.3 is 0 Å². The molecule has 9 nitrogen and oxygen atoms in total. The number of benzene rings is 1. The quantitative estimate of drug-likeness (QED) is 0.478. The van der Waals surface area contributed by atoms with Crippen LogP contribution in [0.3, 0.4) is 0 Å². The van der Waals surface area contributed by atoms with Gasteiger partial charge in [0.15, 0.2) is 0 Å². The molecule has 3 heterocycles. The van der Waals surface area contributed by atoms with Crippen LogP contribution in [0.4, 0.5) is 0 Å². The van der Waals surface area contributed by atoms with E-state index in [1.165, 1.54) is 11.8 Å². The number of carbonyl (C=O) groups is 1. The summed E-state index contributed by atoms with van der Waals surface area (Å²) in [5.74, 6) is 1.53. The summed E-state index contributed by atoms with van der Waals surface area (Å²) in [5.41, 5.74) is 1.33. The fourth-order valence-corrected chi connectivity index (χ4v) is 4.22. The van der Waals surface area contributed by atoms with Crippen LogP contribution in [0.15, 0.2) is 34.3 Å². The van der Waals surface area contributed by atoms with Gasteiger partial charge in [-0.2, -0.15) is 9.50 Å². The first-order valence-corrected chi connectivity index (χ1v) is 12.5. The van der Waals surface area contributed by atoms with E-state index in [1.54, 1.807) is 28.3 Å². The van der Waals surface area contributed by atoms with E-state index >= 15 is 0 Å². The third kappa shape index (κ3) is 4.79. The highest BCUT2D eigenvalue weighted by Gasteiger charge is 2.27. The highest BCUT2D eigenvalue weighted by atomic mass is 32.2. The third-order valence-corrected chi connectivity index (χ3v) is 6.32. The van der Waals surface area contributed by atoms with Crippen molar-refractivity contribution >= 4 is 35.2 Å². The topological polar surface area (TPSA) is 91.1 Å². The Bertz CT molecular complexity index is 1120. The zero-order chi connectivity index (χ0) is 22.7. The summed E-state index contributed by atoms with van der Waals surface area (Å²) in [6, 6.07) is 7.45. The largest absolute Gasteiger partial charge is 0.496 e. The van der Waals surface area contributed by atoms with Crippen molar-refractivity contribution < 1.29 is 19.0 Å². The standard InChI is InChI=1S/C21H25N5O4S2/c1-13-9-18(26-20(22-13)23-21(24-26)32-4)30-12-14-11-25(7-8-29-14)19(27)16-6-5-15(31-3)10-17(16)28-2/h5-6,9-10,14H,7-8,11-12H2,1-4H3. The first-order valence-electron chi connectivity index (χ1n) is 10.1. The lowest BCUT2D eigenvalue weighted by Crippen LogP contribution is -2.47. The number of methoxy groups -OCH3 is 1. The summed E-state index contributed by atoms with van der Waals surface area (Å²) in [6.07, 6.45) is 3.63. The minimum Gasteiger partial charge on any atom is -0.496 e. The van der Waals surface area contributed by atoms with Gasteiger partial charge in [-0.05, 0) is 37.6 Å². The molecular formula is C21H25N5O4S2. The molecule has 0 saturated carbocycles. The van der Waals surface area contributed by atoms with E-state index in [0.29, 0.717) is 47.8 Å². The van der Waals surface area contributed by atoms with E-state index in [0.717, 1.165) is 10.6 Å². The minimum absolute atomic E-state index is 0.0779. The van der Waals surface area contributed by atoms with Gasteiger partial charge in [-0.1, -0.05) is 11.8 Å². The number of morpholine rings is 1. The maximum atomic E-state index is 13.2. The smallest absolute Gasteiger partial charge is 0.257 e. The van der Waals surface area contributed by atoms with Crippen molar-refractivity contribution in [3.05, 3.63) is 35.5 Å². The van der Waals surface area contributed by atoms with Crippen molar-refractivity contribution in [2.24, 2.45) is 0 Å². The maximum Gasteiger partial charge on any atom is 0.257 e. The second-order valence-corrected chi connectivity index (χ2v) is 8.82. The average molecular weight is 476 g/mol. The van der Waals surface area contributed by atoms with E-state index in [4.69, 9.17) is 14.2 Å². The number of thioether (sulfide) groups is 2. The number of nitrogens with zero attached hydrogens (tertiary/aromatic N) is 5. The van der Waals surface area contributed by atoms with E-state index in [9.17, 15) is 4.79 Å². The Morgan fingerprint density at radius 2 is 2.09 bits per heavy atom. The lowest BCUT2D eigenvalue weighted by atomic mass is 10.1. The lowest BCUT2D eigenvalue weighted by molar-refractivity contribution is -0.0410. The summed E-state index contributed by atoms with van der Waals surface area (Å²) in [5, 5.41) is 5.04. The molecule has 32 heavy (non-hydrogen) atoms.